The second-order valence-electron chi connectivity index (χ2n) is 3.20. The molecule has 0 atom stereocenters. The molecule has 4 nitrogen and oxygen atoms in total. The van der Waals surface area contributed by atoms with Gasteiger partial charge in [-0.1, -0.05) is 30.0 Å². The summed E-state index contributed by atoms with van der Waals surface area (Å²) in [6.45, 7) is 0. The largest absolute Gasteiger partial charge is 0.440 e. The van der Waals surface area contributed by atoms with Crippen molar-refractivity contribution in [1.82, 2.24) is 4.98 Å². The van der Waals surface area contributed by atoms with Crippen LogP contribution >= 0.6 is 11.8 Å². The van der Waals surface area contributed by atoms with Crippen molar-refractivity contribution in [2.75, 3.05) is 0 Å². The summed E-state index contributed by atoms with van der Waals surface area (Å²) in [6.07, 6.45) is 3.17. The van der Waals surface area contributed by atoms with Gasteiger partial charge in [-0.2, -0.15) is 0 Å². The molecule has 0 radical (unpaired) electrons. The second kappa shape index (κ2) is 4.85. The third-order valence-electron chi connectivity index (χ3n) is 2.01. The highest BCUT2D eigenvalue weighted by Gasteiger charge is 2.02. The number of hydrogen-bond donors (Lipinski definition) is 2. The van der Waals surface area contributed by atoms with Gasteiger partial charge in [-0.25, -0.2) is 4.98 Å². The fourth-order valence-electron chi connectivity index (χ4n) is 1.26. The van der Waals surface area contributed by atoms with E-state index < -0.39 is 0 Å². The Hall–Kier alpha value is -1.75. The number of amidine groups is 1. The van der Waals surface area contributed by atoms with Crippen molar-refractivity contribution >= 4 is 17.6 Å². The molecule has 0 aliphatic heterocycles. The number of hydrogen-bond acceptors (Lipinski definition) is 4. The zero-order chi connectivity index (χ0) is 11.4. The van der Waals surface area contributed by atoms with Crippen LogP contribution in [0, 0.1) is 5.41 Å². The first-order valence-electron chi connectivity index (χ1n) is 4.71. The summed E-state index contributed by atoms with van der Waals surface area (Å²) in [6, 6.07) is 7.60. The molecule has 3 N–H and O–H groups in total. The summed E-state index contributed by atoms with van der Waals surface area (Å²) in [5, 5.41) is 7.99. The van der Waals surface area contributed by atoms with Crippen molar-refractivity contribution in [2.24, 2.45) is 5.73 Å². The van der Waals surface area contributed by atoms with Gasteiger partial charge >= 0.3 is 0 Å². The number of thioether (sulfide) groups is 1. The number of nitrogen functional groups attached to an aromatic ring is 1. The fraction of sp³-hybridized carbons (Fsp3) is 0.0909. The Morgan fingerprint density at radius 2 is 2.38 bits per heavy atom. The lowest BCUT2D eigenvalue weighted by Crippen LogP contribution is -2.10. The van der Waals surface area contributed by atoms with E-state index in [-0.39, 0.29) is 5.84 Å². The molecule has 0 saturated heterocycles. The van der Waals surface area contributed by atoms with E-state index >= 15 is 0 Å². The van der Waals surface area contributed by atoms with Crippen LogP contribution in [0.3, 0.4) is 0 Å². The van der Waals surface area contributed by atoms with Crippen LogP contribution in [0.2, 0.25) is 0 Å². The maximum atomic E-state index is 7.34. The molecule has 0 bridgehead atoms. The van der Waals surface area contributed by atoms with Gasteiger partial charge in [-0.3, -0.25) is 5.41 Å². The van der Waals surface area contributed by atoms with Gasteiger partial charge in [0.1, 0.15) is 12.1 Å². The summed E-state index contributed by atoms with van der Waals surface area (Å²) < 4.78 is 5.12. The van der Waals surface area contributed by atoms with Crippen molar-refractivity contribution in [3.05, 3.63) is 47.9 Å². The summed E-state index contributed by atoms with van der Waals surface area (Å²) >= 11 is 1.51. The van der Waals surface area contributed by atoms with E-state index in [2.05, 4.69) is 4.98 Å². The Morgan fingerprint density at radius 1 is 1.50 bits per heavy atom. The third-order valence-corrected chi connectivity index (χ3v) is 2.94. The van der Waals surface area contributed by atoms with Gasteiger partial charge in [0.25, 0.3) is 5.22 Å². The van der Waals surface area contributed by atoms with Crippen LogP contribution in [0.4, 0.5) is 0 Å². The Kier molecular flexibility index (Phi) is 3.26. The minimum absolute atomic E-state index is 0.0861. The van der Waals surface area contributed by atoms with E-state index in [1.165, 1.54) is 11.8 Å². The molecule has 82 valence electrons. The molecule has 0 fully saturated rings. The smallest absolute Gasteiger partial charge is 0.255 e. The summed E-state index contributed by atoms with van der Waals surface area (Å²) in [5.74, 6) is 0.838. The van der Waals surface area contributed by atoms with Gasteiger partial charge in [-0.05, 0) is 11.6 Å². The predicted molar refractivity (Wildman–Crippen MR) is 63.5 cm³/mol. The zero-order valence-corrected chi connectivity index (χ0v) is 9.33. The SMILES string of the molecule is N=C(N)c1cccc(CSc2ncco2)c1. The van der Waals surface area contributed by atoms with Gasteiger partial charge < -0.3 is 10.2 Å². The second-order valence-corrected chi connectivity index (χ2v) is 4.13. The van der Waals surface area contributed by atoms with Crippen LogP contribution in [0.5, 0.6) is 0 Å². The number of nitrogens with zero attached hydrogens (tertiary/aromatic N) is 1. The van der Waals surface area contributed by atoms with Crippen LogP contribution in [0.25, 0.3) is 0 Å². The Bertz CT molecular complexity index is 482. The first kappa shape index (κ1) is 10.8. The molecule has 0 aliphatic carbocycles. The molecule has 2 rings (SSSR count). The van der Waals surface area contributed by atoms with Crippen LogP contribution in [0.15, 0.2) is 46.4 Å². The van der Waals surface area contributed by atoms with Crippen molar-refractivity contribution in [2.45, 2.75) is 11.0 Å². The Balaban J connectivity index is 2.04. The number of nitrogens with two attached hydrogens (primary N) is 1. The van der Waals surface area contributed by atoms with Crippen molar-refractivity contribution in [3.63, 3.8) is 0 Å². The number of nitrogens with one attached hydrogen (secondary N) is 1. The Morgan fingerprint density at radius 3 is 3.06 bits per heavy atom. The number of aromatic nitrogens is 1. The van der Waals surface area contributed by atoms with Crippen molar-refractivity contribution in [1.29, 1.82) is 5.41 Å². The highest BCUT2D eigenvalue weighted by Crippen LogP contribution is 2.21. The molecule has 1 aromatic heterocycles. The zero-order valence-electron chi connectivity index (χ0n) is 8.51. The maximum Gasteiger partial charge on any atom is 0.255 e. The van der Waals surface area contributed by atoms with Crippen LogP contribution in [0.1, 0.15) is 11.1 Å². The van der Waals surface area contributed by atoms with Crippen LogP contribution in [-0.2, 0) is 5.75 Å². The molecule has 0 aliphatic rings. The molecule has 0 amide bonds. The normalized spacial score (nSPS) is 10.2. The summed E-state index contributed by atoms with van der Waals surface area (Å²) in [7, 11) is 0. The van der Waals surface area contributed by atoms with E-state index in [0.717, 1.165) is 16.9 Å². The molecule has 0 spiro atoms. The van der Waals surface area contributed by atoms with E-state index in [0.29, 0.717) is 5.22 Å². The molecule has 0 unspecified atom stereocenters. The lowest BCUT2D eigenvalue weighted by molar-refractivity contribution is 0.454. The molecule has 2 aromatic rings. The lowest BCUT2D eigenvalue weighted by atomic mass is 10.1. The number of benzene rings is 1. The monoisotopic (exact) mass is 233 g/mol. The van der Waals surface area contributed by atoms with Gasteiger partial charge in [-0.15, -0.1) is 0 Å². The summed E-state index contributed by atoms with van der Waals surface area (Å²) in [4.78, 5) is 4.02. The standard InChI is InChI=1S/C11H11N3OS/c12-10(13)9-3-1-2-8(6-9)7-16-11-14-4-5-15-11/h1-6H,7H2,(H3,12,13). The molecule has 1 heterocycles. The predicted octanol–water partition coefficient (Wildman–Crippen LogP) is 2.25. The molecular weight excluding hydrogens is 222 g/mol. The molecule has 1 aromatic carbocycles. The number of oxazole rings is 1. The van der Waals surface area contributed by atoms with Gasteiger partial charge in [0.05, 0.1) is 6.20 Å². The van der Waals surface area contributed by atoms with E-state index in [4.69, 9.17) is 15.6 Å². The maximum absolute atomic E-state index is 7.34. The minimum Gasteiger partial charge on any atom is -0.440 e. The molecule has 0 saturated carbocycles. The van der Waals surface area contributed by atoms with Gasteiger partial charge in [0.15, 0.2) is 0 Å². The van der Waals surface area contributed by atoms with Gasteiger partial charge in [0, 0.05) is 11.3 Å². The average Bonchev–Trinajstić information content (AvgIpc) is 2.79. The van der Waals surface area contributed by atoms with E-state index in [1.807, 2.05) is 24.3 Å². The summed E-state index contributed by atoms with van der Waals surface area (Å²) in [5.41, 5.74) is 7.25. The molecule has 16 heavy (non-hydrogen) atoms. The van der Waals surface area contributed by atoms with Gasteiger partial charge in [0.2, 0.25) is 0 Å². The number of rotatable bonds is 4. The lowest BCUT2D eigenvalue weighted by Gasteiger charge is -2.02. The van der Waals surface area contributed by atoms with Crippen molar-refractivity contribution < 1.29 is 4.42 Å². The average molecular weight is 233 g/mol. The van der Waals surface area contributed by atoms with E-state index in [1.54, 1.807) is 12.5 Å². The van der Waals surface area contributed by atoms with Crippen LogP contribution < -0.4 is 5.73 Å². The first-order chi connectivity index (χ1) is 7.75. The third kappa shape index (κ3) is 2.64. The minimum atomic E-state index is 0.0861. The molecule has 5 heteroatoms. The fourth-order valence-corrected chi connectivity index (χ4v) is 1.98. The Labute approximate surface area is 97.4 Å². The first-order valence-corrected chi connectivity index (χ1v) is 5.70. The van der Waals surface area contributed by atoms with Crippen molar-refractivity contribution in [3.8, 4) is 0 Å². The van der Waals surface area contributed by atoms with E-state index in [9.17, 15) is 0 Å². The topological polar surface area (TPSA) is 75.9 Å². The highest BCUT2D eigenvalue weighted by molar-refractivity contribution is 7.98. The van der Waals surface area contributed by atoms with Crippen LogP contribution in [-0.4, -0.2) is 10.8 Å². The quantitative estimate of drug-likeness (QED) is 0.482. The highest BCUT2D eigenvalue weighted by atomic mass is 32.2. The molecular formula is C11H11N3OS.